The highest BCUT2D eigenvalue weighted by Gasteiger charge is 2.35. The molecule has 2 N–H and O–H groups in total. The Hall–Kier alpha value is -1.27. The van der Waals surface area contributed by atoms with Crippen LogP contribution in [0.25, 0.3) is 0 Å². The molecule has 0 saturated carbocycles. The van der Waals surface area contributed by atoms with Gasteiger partial charge in [-0.3, -0.25) is 4.90 Å². The number of hydrogen-bond donors (Lipinski definition) is 1. The summed E-state index contributed by atoms with van der Waals surface area (Å²) in [5.41, 5.74) is 4.87. The number of nitrogen functional groups attached to an aromatic ring is 1. The van der Waals surface area contributed by atoms with Crippen LogP contribution in [0, 0.1) is 0 Å². The molecule has 1 aromatic rings. The van der Waals surface area contributed by atoms with Crippen LogP contribution in [0.5, 0.6) is 0 Å². The summed E-state index contributed by atoms with van der Waals surface area (Å²) in [7, 11) is 0. The molecule has 2 rings (SSSR count). The lowest BCUT2D eigenvalue weighted by atomic mass is 10.0. The second kappa shape index (κ2) is 5.26. The molecule has 0 spiro atoms. The summed E-state index contributed by atoms with van der Waals surface area (Å²) < 4.78 is 44.7. The molecule has 0 aromatic heterocycles. The van der Waals surface area contributed by atoms with Gasteiger partial charge in [-0.05, 0) is 31.5 Å². The highest BCUT2D eigenvalue weighted by atomic mass is 19.4. The van der Waals surface area contributed by atoms with Gasteiger partial charge in [0.05, 0.1) is 17.8 Å². The Kier molecular flexibility index (Phi) is 3.97. The van der Waals surface area contributed by atoms with E-state index in [1.54, 1.807) is 0 Å². The topological polar surface area (TPSA) is 38.5 Å². The first-order valence-electron chi connectivity index (χ1n) is 6.49. The normalized spacial score (nSPS) is 20.1. The van der Waals surface area contributed by atoms with E-state index in [2.05, 4.69) is 0 Å². The van der Waals surface area contributed by atoms with Crippen molar-refractivity contribution in [2.75, 3.05) is 25.4 Å². The minimum Gasteiger partial charge on any atom is -0.399 e. The number of nitrogens with zero attached hydrogens (tertiary/aromatic N) is 1. The summed E-state index contributed by atoms with van der Waals surface area (Å²) in [6.45, 7) is 5.89. The Morgan fingerprint density at radius 3 is 2.65 bits per heavy atom. The molecular formula is C14H19F3N2O. The highest BCUT2D eigenvalue weighted by Crippen LogP contribution is 2.34. The van der Waals surface area contributed by atoms with Gasteiger partial charge in [-0.2, -0.15) is 13.2 Å². The first kappa shape index (κ1) is 15.1. The van der Waals surface area contributed by atoms with Gasteiger partial charge in [-0.15, -0.1) is 0 Å². The van der Waals surface area contributed by atoms with Crippen LogP contribution >= 0.6 is 0 Å². The molecule has 112 valence electrons. The van der Waals surface area contributed by atoms with E-state index in [9.17, 15) is 13.2 Å². The third-order valence-corrected chi connectivity index (χ3v) is 3.34. The van der Waals surface area contributed by atoms with Crippen LogP contribution in [0.1, 0.15) is 25.0 Å². The van der Waals surface area contributed by atoms with Crippen LogP contribution in [-0.4, -0.2) is 30.2 Å². The van der Waals surface area contributed by atoms with Crippen molar-refractivity contribution in [2.24, 2.45) is 0 Å². The molecular weight excluding hydrogens is 269 g/mol. The molecule has 1 aromatic carbocycles. The average Bonchev–Trinajstić information content (AvgIpc) is 2.29. The SMILES string of the molecule is CC1(C)CN(Cc2ccc(N)cc2C(F)(F)F)CCO1. The molecule has 1 aliphatic heterocycles. The van der Waals surface area contributed by atoms with E-state index in [0.717, 1.165) is 6.07 Å². The van der Waals surface area contributed by atoms with Gasteiger partial charge in [0.25, 0.3) is 0 Å². The number of ether oxygens (including phenoxy) is 1. The number of hydrogen-bond acceptors (Lipinski definition) is 3. The van der Waals surface area contributed by atoms with Crippen molar-refractivity contribution in [3.8, 4) is 0 Å². The number of benzene rings is 1. The van der Waals surface area contributed by atoms with Gasteiger partial charge >= 0.3 is 6.18 Å². The molecule has 6 heteroatoms. The van der Waals surface area contributed by atoms with Gasteiger partial charge in [-0.25, -0.2) is 0 Å². The number of rotatable bonds is 2. The fraction of sp³-hybridized carbons (Fsp3) is 0.571. The molecule has 0 unspecified atom stereocenters. The number of alkyl halides is 3. The molecule has 0 atom stereocenters. The van der Waals surface area contributed by atoms with Crippen molar-refractivity contribution >= 4 is 5.69 Å². The molecule has 1 saturated heterocycles. The molecule has 0 bridgehead atoms. The fourth-order valence-electron chi connectivity index (χ4n) is 2.49. The second-order valence-electron chi connectivity index (χ2n) is 5.73. The lowest BCUT2D eigenvalue weighted by molar-refractivity contribution is -0.138. The van der Waals surface area contributed by atoms with Gasteiger partial charge in [-0.1, -0.05) is 6.07 Å². The number of halogens is 3. The molecule has 3 nitrogen and oxygen atoms in total. The Morgan fingerprint density at radius 1 is 1.35 bits per heavy atom. The van der Waals surface area contributed by atoms with Crippen LogP contribution in [-0.2, 0) is 17.5 Å². The van der Waals surface area contributed by atoms with Crippen molar-refractivity contribution in [1.82, 2.24) is 4.90 Å². The van der Waals surface area contributed by atoms with Crippen molar-refractivity contribution < 1.29 is 17.9 Å². The zero-order valence-electron chi connectivity index (χ0n) is 11.6. The van der Waals surface area contributed by atoms with E-state index in [-0.39, 0.29) is 23.4 Å². The summed E-state index contributed by atoms with van der Waals surface area (Å²) in [5.74, 6) is 0. The van der Waals surface area contributed by atoms with Crippen molar-refractivity contribution in [3.05, 3.63) is 29.3 Å². The Morgan fingerprint density at radius 2 is 2.05 bits per heavy atom. The van der Waals surface area contributed by atoms with E-state index in [0.29, 0.717) is 19.7 Å². The maximum absolute atomic E-state index is 13.0. The zero-order valence-corrected chi connectivity index (χ0v) is 11.6. The van der Waals surface area contributed by atoms with Crippen LogP contribution in [0.4, 0.5) is 18.9 Å². The standard InChI is InChI=1S/C14H19F3N2O/c1-13(2)9-19(5-6-20-13)8-10-3-4-11(18)7-12(10)14(15,16)17/h3-4,7H,5-6,8-9,18H2,1-2H3. The van der Waals surface area contributed by atoms with Crippen LogP contribution in [0.3, 0.4) is 0 Å². The van der Waals surface area contributed by atoms with Crippen LogP contribution in [0.2, 0.25) is 0 Å². The molecule has 1 aliphatic rings. The van der Waals surface area contributed by atoms with Gasteiger partial charge in [0.2, 0.25) is 0 Å². The minimum absolute atomic E-state index is 0.128. The van der Waals surface area contributed by atoms with Crippen molar-refractivity contribution in [3.63, 3.8) is 0 Å². The summed E-state index contributed by atoms with van der Waals surface area (Å²) in [5, 5.41) is 0. The van der Waals surface area contributed by atoms with E-state index in [1.807, 2.05) is 18.7 Å². The maximum Gasteiger partial charge on any atom is 0.416 e. The van der Waals surface area contributed by atoms with Crippen molar-refractivity contribution in [1.29, 1.82) is 0 Å². The van der Waals surface area contributed by atoms with Gasteiger partial charge in [0.1, 0.15) is 0 Å². The largest absolute Gasteiger partial charge is 0.416 e. The monoisotopic (exact) mass is 288 g/mol. The molecule has 0 amide bonds. The minimum atomic E-state index is -4.38. The smallest absolute Gasteiger partial charge is 0.399 e. The number of morpholine rings is 1. The predicted octanol–water partition coefficient (Wildman–Crippen LogP) is 2.90. The Bertz CT molecular complexity index is 486. The second-order valence-corrected chi connectivity index (χ2v) is 5.73. The highest BCUT2D eigenvalue weighted by molar-refractivity contribution is 5.46. The fourth-order valence-corrected chi connectivity index (χ4v) is 2.49. The van der Waals surface area contributed by atoms with E-state index < -0.39 is 11.7 Å². The van der Waals surface area contributed by atoms with E-state index in [4.69, 9.17) is 10.5 Å². The van der Waals surface area contributed by atoms with Gasteiger partial charge < -0.3 is 10.5 Å². The summed E-state index contributed by atoms with van der Waals surface area (Å²) in [4.78, 5) is 1.98. The Balaban J connectivity index is 2.21. The molecule has 0 aliphatic carbocycles. The summed E-state index contributed by atoms with van der Waals surface area (Å²) >= 11 is 0. The van der Waals surface area contributed by atoms with E-state index in [1.165, 1.54) is 12.1 Å². The van der Waals surface area contributed by atoms with Gasteiger partial charge in [0, 0.05) is 25.3 Å². The third-order valence-electron chi connectivity index (χ3n) is 3.34. The molecule has 0 radical (unpaired) electrons. The Labute approximate surface area is 116 Å². The van der Waals surface area contributed by atoms with Crippen molar-refractivity contribution in [2.45, 2.75) is 32.2 Å². The lowest BCUT2D eigenvalue weighted by Crippen LogP contribution is -2.47. The summed E-state index contributed by atoms with van der Waals surface area (Å²) in [6.07, 6.45) is -4.38. The number of anilines is 1. The molecule has 1 heterocycles. The maximum atomic E-state index is 13.0. The van der Waals surface area contributed by atoms with Crippen LogP contribution in [0.15, 0.2) is 18.2 Å². The molecule has 1 fully saturated rings. The first-order valence-corrected chi connectivity index (χ1v) is 6.49. The molecule has 20 heavy (non-hydrogen) atoms. The average molecular weight is 288 g/mol. The first-order chi connectivity index (χ1) is 9.17. The lowest BCUT2D eigenvalue weighted by Gasteiger charge is -2.38. The van der Waals surface area contributed by atoms with E-state index >= 15 is 0 Å². The van der Waals surface area contributed by atoms with Gasteiger partial charge in [0.15, 0.2) is 0 Å². The number of nitrogens with two attached hydrogens (primary N) is 1. The summed E-state index contributed by atoms with van der Waals surface area (Å²) in [6, 6.07) is 3.97. The third kappa shape index (κ3) is 3.64. The zero-order chi connectivity index (χ0) is 15.0. The predicted molar refractivity (Wildman–Crippen MR) is 71.2 cm³/mol. The van der Waals surface area contributed by atoms with Crippen LogP contribution < -0.4 is 5.73 Å². The quantitative estimate of drug-likeness (QED) is 0.850.